The molecule has 1 fully saturated rings. The fraction of sp³-hybridized carbons (Fsp3) is 0.786. The van der Waals surface area contributed by atoms with Crippen LogP contribution in [-0.2, 0) is 6.54 Å². The summed E-state index contributed by atoms with van der Waals surface area (Å²) in [6.45, 7) is 8.41. The molecule has 1 aromatic heterocycles. The molecule has 0 radical (unpaired) electrons. The van der Waals surface area contributed by atoms with E-state index in [-0.39, 0.29) is 0 Å². The zero-order valence-electron chi connectivity index (χ0n) is 11.8. The van der Waals surface area contributed by atoms with Crippen LogP contribution in [0, 0.1) is 0 Å². The molecule has 1 aromatic rings. The Labute approximate surface area is 110 Å². The number of piperidine rings is 1. The Balaban J connectivity index is 2.16. The standard InChI is InChI=1S/C14H26N4/c1-4-17-10-13(9-16-17)12(3)18-11(2)6-5-7-14(18)8-15/h9-12,14H,4-8,15H2,1-3H3. The van der Waals surface area contributed by atoms with E-state index in [2.05, 4.69) is 37.0 Å². The van der Waals surface area contributed by atoms with Crippen LogP contribution in [-0.4, -0.2) is 33.3 Å². The average Bonchev–Trinajstić information content (AvgIpc) is 2.86. The van der Waals surface area contributed by atoms with E-state index in [1.54, 1.807) is 0 Å². The van der Waals surface area contributed by atoms with Gasteiger partial charge in [-0.25, -0.2) is 0 Å². The molecule has 1 aliphatic rings. The third-order valence-electron chi connectivity index (χ3n) is 4.27. The van der Waals surface area contributed by atoms with Gasteiger partial charge in [-0.1, -0.05) is 6.42 Å². The van der Waals surface area contributed by atoms with Gasteiger partial charge in [-0.3, -0.25) is 9.58 Å². The molecule has 1 aliphatic heterocycles. The van der Waals surface area contributed by atoms with Gasteiger partial charge in [-0.2, -0.15) is 5.10 Å². The molecule has 2 rings (SSSR count). The summed E-state index contributed by atoms with van der Waals surface area (Å²) in [6.07, 6.45) is 7.99. The Bertz CT molecular complexity index is 374. The van der Waals surface area contributed by atoms with Gasteiger partial charge >= 0.3 is 0 Å². The molecule has 0 spiro atoms. The van der Waals surface area contributed by atoms with Crippen LogP contribution in [0.4, 0.5) is 0 Å². The molecule has 3 unspecified atom stereocenters. The van der Waals surface area contributed by atoms with Crippen molar-refractivity contribution in [3.05, 3.63) is 18.0 Å². The van der Waals surface area contributed by atoms with Crippen molar-refractivity contribution >= 4 is 0 Å². The van der Waals surface area contributed by atoms with E-state index in [0.29, 0.717) is 18.1 Å². The lowest BCUT2D eigenvalue weighted by atomic mass is 9.93. The number of hydrogen-bond donors (Lipinski definition) is 1. The molecular weight excluding hydrogens is 224 g/mol. The first-order valence-corrected chi connectivity index (χ1v) is 7.17. The summed E-state index contributed by atoms with van der Waals surface area (Å²) < 4.78 is 2.00. The molecule has 0 aromatic carbocycles. The van der Waals surface area contributed by atoms with Crippen molar-refractivity contribution in [3.8, 4) is 0 Å². The van der Waals surface area contributed by atoms with Gasteiger partial charge in [0.25, 0.3) is 0 Å². The van der Waals surface area contributed by atoms with Crippen LogP contribution in [0.1, 0.15) is 51.6 Å². The molecule has 0 bridgehead atoms. The fourth-order valence-corrected chi connectivity index (χ4v) is 3.18. The number of rotatable bonds is 4. The number of hydrogen-bond acceptors (Lipinski definition) is 3. The summed E-state index contributed by atoms with van der Waals surface area (Å²) in [7, 11) is 0. The normalized spacial score (nSPS) is 27.3. The largest absolute Gasteiger partial charge is 0.329 e. The first-order valence-electron chi connectivity index (χ1n) is 7.17. The van der Waals surface area contributed by atoms with E-state index >= 15 is 0 Å². The lowest BCUT2D eigenvalue weighted by Crippen LogP contribution is -2.49. The van der Waals surface area contributed by atoms with Crippen LogP contribution >= 0.6 is 0 Å². The number of nitrogens with two attached hydrogens (primary N) is 1. The number of likely N-dealkylation sites (tertiary alicyclic amines) is 1. The summed E-state index contributed by atoms with van der Waals surface area (Å²) >= 11 is 0. The van der Waals surface area contributed by atoms with Crippen LogP contribution in [0.25, 0.3) is 0 Å². The van der Waals surface area contributed by atoms with Gasteiger partial charge in [0.15, 0.2) is 0 Å². The van der Waals surface area contributed by atoms with E-state index in [4.69, 9.17) is 5.73 Å². The highest BCUT2D eigenvalue weighted by atomic mass is 15.3. The second-order valence-corrected chi connectivity index (χ2v) is 5.42. The van der Waals surface area contributed by atoms with Crippen LogP contribution in [0.5, 0.6) is 0 Å². The second kappa shape index (κ2) is 5.85. The van der Waals surface area contributed by atoms with Crippen molar-refractivity contribution in [2.75, 3.05) is 6.54 Å². The molecule has 102 valence electrons. The second-order valence-electron chi connectivity index (χ2n) is 5.42. The Morgan fingerprint density at radius 3 is 2.89 bits per heavy atom. The van der Waals surface area contributed by atoms with Crippen molar-refractivity contribution in [2.24, 2.45) is 5.73 Å². The SMILES string of the molecule is CCn1cc(C(C)N2C(C)CCCC2CN)cn1. The minimum absolute atomic E-state index is 0.411. The molecular formula is C14H26N4. The van der Waals surface area contributed by atoms with E-state index in [9.17, 15) is 0 Å². The summed E-state index contributed by atoms with van der Waals surface area (Å²) in [6, 6.07) is 1.55. The molecule has 3 atom stereocenters. The molecule has 4 heteroatoms. The molecule has 0 saturated carbocycles. The van der Waals surface area contributed by atoms with Gasteiger partial charge in [-0.05, 0) is 33.6 Å². The first-order chi connectivity index (χ1) is 8.67. The van der Waals surface area contributed by atoms with E-state index in [1.807, 2.05) is 10.9 Å². The summed E-state index contributed by atoms with van der Waals surface area (Å²) in [5.74, 6) is 0. The van der Waals surface area contributed by atoms with E-state index in [1.165, 1.54) is 24.8 Å². The van der Waals surface area contributed by atoms with Crippen molar-refractivity contribution in [2.45, 2.75) is 64.7 Å². The third kappa shape index (κ3) is 2.59. The lowest BCUT2D eigenvalue weighted by molar-refractivity contribution is 0.0570. The molecule has 4 nitrogen and oxygen atoms in total. The van der Waals surface area contributed by atoms with Gasteiger partial charge in [-0.15, -0.1) is 0 Å². The third-order valence-corrected chi connectivity index (χ3v) is 4.27. The Kier molecular flexibility index (Phi) is 4.40. The Morgan fingerprint density at radius 1 is 1.50 bits per heavy atom. The zero-order chi connectivity index (χ0) is 13.1. The van der Waals surface area contributed by atoms with Crippen LogP contribution in [0.3, 0.4) is 0 Å². The first kappa shape index (κ1) is 13.6. The van der Waals surface area contributed by atoms with Gasteiger partial charge in [0, 0.05) is 43.0 Å². The van der Waals surface area contributed by atoms with Crippen LogP contribution in [0.2, 0.25) is 0 Å². The maximum Gasteiger partial charge on any atom is 0.0537 e. The number of aromatic nitrogens is 2. The molecule has 2 heterocycles. The molecule has 2 N–H and O–H groups in total. The predicted octanol–water partition coefficient (Wildman–Crippen LogP) is 2.17. The maximum atomic E-state index is 5.94. The summed E-state index contributed by atoms with van der Waals surface area (Å²) in [5.41, 5.74) is 7.25. The van der Waals surface area contributed by atoms with Crippen molar-refractivity contribution < 1.29 is 0 Å². The van der Waals surface area contributed by atoms with Gasteiger partial charge in [0.1, 0.15) is 0 Å². The maximum absolute atomic E-state index is 5.94. The molecule has 18 heavy (non-hydrogen) atoms. The van der Waals surface area contributed by atoms with Crippen LogP contribution in [0.15, 0.2) is 12.4 Å². The lowest BCUT2D eigenvalue weighted by Gasteiger charge is -2.43. The highest BCUT2D eigenvalue weighted by Gasteiger charge is 2.31. The van der Waals surface area contributed by atoms with Crippen molar-refractivity contribution in [3.63, 3.8) is 0 Å². The fourth-order valence-electron chi connectivity index (χ4n) is 3.18. The average molecular weight is 250 g/mol. The zero-order valence-corrected chi connectivity index (χ0v) is 11.8. The van der Waals surface area contributed by atoms with Crippen LogP contribution < -0.4 is 5.73 Å². The minimum atomic E-state index is 0.411. The topological polar surface area (TPSA) is 47.1 Å². The van der Waals surface area contributed by atoms with Crippen molar-refractivity contribution in [1.82, 2.24) is 14.7 Å². The Morgan fingerprint density at radius 2 is 2.28 bits per heavy atom. The van der Waals surface area contributed by atoms with Gasteiger partial charge in [0.05, 0.1) is 6.20 Å². The Hall–Kier alpha value is -0.870. The van der Waals surface area contributed by atoms with E-state index < -0.39 is 0 Å². The monoisotopic (exact) mass is 250 g/mol. The highest BCUT2D eigenvalue weighted by Crippen LogP contribution is 2.31. The van der Waals surface area contributed by atoms with Crippen molar-refractivity contribution in [1.29, 1.82) is 0 Å². The molecule has 0 amide bonds. The number of nitrogens with zero attached hydrogens (tertiary/aromatic N) is 3. The molecule has 1 saturated heterocycles. The summed E-state index contributed by atoms with van der Waals surface area (Å²) in [4.78, 5) is 2.58. The summed E-state index contributed by atoms with van der Waals surface area (Å²) in [5, 5.41) is 4.39. The highest BCUT2D eigenvalue weighted by molar-refractivity contribution is 5.11. The number of aryl methyl sites for hydroxylation is 1. The smallest absolute Gasteiger partial charge is 0.0537 e. The predicted molar refractivity (Wildman–Crippen MR) is 74.3 cm³/mol. The van der Waals surface area contributed by atoms with E-state index in [0.717, 1.165) is 13.1 Å². The minimum Gasteiger partial charge on any atom is -0.329 e. The quantitative estimate of drug-likeness (QED) is 0.891. The van der Waals surface area contributed by atoms with Gasteiger partial charge in [0.2, 0.25) is 0 Å². The van der Waals surface area contributed by atoms with Gasteiger partial charge < -0.3 is 5.73 Å². The molecule has 0 aliphatic carbocycles.